The number of carbonyl (C=O) groups excluding carboxylic acids is 1. The molecule has 0 aromatic carbocycles. The van der Waals surface area contributed by atoms with Gasteiger partial charge in [0, 0.05) is 44.4 Å². The first kappa shape index (κ1) is 17.0. The Morgan fingerprint density at radius 1 is 1.46 bits per heavy atom. The standard InChI is InChI=1S/C16H23N5O2S/c1-11-9-24-15(17-11)16(18-12(2)22)6-8-21(10-16)7-4-5-14-20-19-13(3)23-14/h9H,4-8,10H2,1-3H3,(H,18,22). The van der Waals surface area contributed by atoms with E-state index in [1.807, 2.05) is 12.3 Å². The molecule has 1 saturated heterocycles. The van der Waals surface area contributed by atoms with Crippen molar-refractivity contribution in [3.8, 4) is 0 Å². The highest BCUT2D eigenvalue weighted by Gasteiger charge is 2.42. The summed E-state index contributed by atoms with van der Waals surface area (Å²) in [5.41, 5.74) is 0.649. The summed E-state index contributed by atoms with van der Waals surface area (Å²) in [6.07, 6.45) is 2.62. The molecular weight excluding hydrogens is 326 g/mol. The van der Waals surface area contributed by atoms with Crippen molar-refractivity contribution in [1.29, 1.82) is 0 Å². The van der Waals surface area contributed by atoms with Gasteiger partial charge in [-0.3, -0.25) is 4.79 Å². The smallest absolute Gasteiger partial charge is 0.217 e. The maximum absolute atomic E-state index is 11.7. The molecule has 7 nitrogen and oxygen atoms in total. The highest BCUT2D eigenvalue weighted by molar-refractivity contribution is 7.09. The number of hydrogen-bond acceptors (Lipinski definition) is 7. The molecule has 3 heterocycles. The first-order valence-electron chi connectivity index (χ1n) is 8.19. The van der Waals surface area contributed by atoms with E-state index in [0.717, 1.165) is 49.6 Å². The predicted molar refractivity (Wildman–Crippen MR) is 90.8 cm³/mol. The van der Waals surface area contributed by atoms with Gasteiger partial charge in [-0.2, -0.15) is 0 Å². The lowest BCUT2D eigenvalue weighted by Crippen LogP contribution is -2.47. The number of likely N-dealkylation sites (tertiary alicyclic amines) is 1. The number of aryl methyl sites for hydroxylation is 3. The molecule has 1 amide bonds. The van der Waals surface area contributed by atoms with E-state index in [1.165, 1.54) is 0 Å². The van der Waals surface area contributed by atoms with Crippen LogP contribution in [0.1, 0.15) is 42.2 Å². The van der Waals surface area contributed by atoms with Crippen LogP contribution < -0.4 is 5.32 Å². The number of nitrogens with zero attached hydrogens (tertiary/aromatic N) is 4. The van der Waals surface area contributed by atoms with Crippen molar-refractivity contribution < 1.29 is 9.21 Å². The molecule has 2 aromatic heterocycles. The van der Waals surface area contributed by atoms with Gasteiger partial charge in [0.1, 0.15) is 10.5 Å². The second-order valence-corrected chi connectivity index (χ2v) is 7.26. The van der Waals surface area contributed by atoms with Crippen LogP contribution in [0.4, 0.5) is 0 Å². The fourth-order valence-electron chi connectivity index (χ4n) is 3.21. The summed E-state index contributed by atoms with van der Waals surface area (Å²) in [6, 6.07) is 0. The van der Waals surface area contributed by atoms with E-state index in [9.17, 15) is 4.79 Å². The maximum atomic E-state index is 11.7. The van der Waals surface area contributed by atoms with Gasteiger partial charge >= 0.3 is 0 Å². The Bertz CT molecular complexity index is 713. The molecular formula is C16H23N5O2S. The van der Waals surface area contributed by atoms with Gasteiger partial charge in [-0.15, -0.1) is 21.5 Å². The Morgan fingerprint density at radius 3 is 2.92 bits per heavy atom. The van der Waals surface area contributed by atoms with Crippen LogP contribution in [0.3, 0.4) is 0 Å². The molecule has 130 valence electrons. The molecule has 0 radical (unpaired) electrons. The third kappa shape index (κ3) is 3.81. The summed E-state index contributed by atoms with van der Waals surface area (Å²) >= 11 is 1.63. The molecule has 0 saturated carbocycles. The van der Waals surface area contributed by atoms with Crippen LogP contribution in [0.5, 0.6) is 0 Å². The summed E-state index contributed by atoms with van der Waals surface area (Å²) in [5, 5.41) is 14.1. The maximum Gasteiger partial charge on any atom is 0.217 e. The largest absolute Gasteiger partial charge is 0.426 e. The van der Waals surface area contributed by atoms with Crippen molar-refractivity contribution in [3.05, 3.63) is 27.9 Å². The number of thiazole rings is 1. The fourth-order valence-corrected chi connectivity index (χ4v) is 4.19. The number of nitrogens with one attached hydrogen (secondary N) is 1. The lowest BCUT2D eigenvalue weighted by molar-refractivity contribution is -0.120. The summed E-state index contributed by atoms with van der Waals surface area (Å²) < 4.78 is 5.41. The van der Waals surface area contributed by atoms with E-state index in [-0.39, 0.29) is 11.4 Å². The van der Waals surface area contributed by atoms with Gasteiger partial charge in [-0.1, -0.05) is 0 Å². The average molecular weight is 349 g/mol. The Labute approximate surface area is 145 Å². The van der Waals surface area contributed by atoms with Gasteiger partial charge < -0.3 is 14.6 Å². The molecule has 1 atom stereocenters. The topological polar surface area (TPSA) is 84.2 Å². The molecule has 2 aromatic rings. The number of aromatic nitrogens is 3. The fraction of sp³-hybridized carbons (Fsp3) is 0.625. The zero-order valence-electron chi connectivity index (χ0n) is 14.3. The lowest BCUT2D eigenvalue weighted by Gasteiger charge is -2.28. The third-order valence-electron chi connectivity index (χ3n) is 4.22. The van der Waals surface area contributed by atoms with E-state index in [0.29, 0.717) is 11.8 Å². The van der Waals surface area contributed by atoms with Crippen molar-refractivity contribution in [2.75, 3.05) is 19.6 Å². The first-order chi connectivity index (χ1) is 11.5. The lowest BCUT2D eigenvalue weighted by atomic mass is 9.99. The number of amides is 1. The van der Waals surface area contributed by atoms with Crippen LogP contribution >= 0.6 is 11.3 Å². The van der Waals surface area contributed by atoms with E-state index in [4.69, 9.17) is 4.42 Å². The van der Waals surface area contributed by atoms with Crippen molar-refractivity contribution >= 4 is 17.2 Å². The minimum atomic E-state index is -0.355. The van der Waals surface area contributed by atoms with Crippen molar-refractivity contribution in [2.24, 2.45) is 0 Å². The minimum absolute atomic E-state index is 0.00830. The number of carbonyl (C=O) groups is 1. The van der Waals surface area contributed by atoms with Crippen LogP contribution in [-0.2, 0) is 16.8 Å². The van der Waals surface area contributed by atoms with Crippen LogP contribution in [0.25, 0.3) is 0 Å². The molecule has 1 aliphatic rings. The van der Waals surface area contributed by atoms with Crippen molar-refractivity contribution in [2.45, 2.75) is 45.6 Å². The van der Waals surface area contributed by atoms with Crippen LogP contribution in [0.2, 0.25) is 0 Å². The Kier molecular flexibility index (Phi) is 4.96. The van der Waals surface area contributed by atoms with E-state index in [1.54, 1.807) is 25.2 Å². The SMILES string of the molecule is CC(=O)NC1(c2nc(C)cs2)CCN(CCCc2nnc(C)o2)C1. The van der Waals surface area contributed by atoms with Crippen LogP contribution in [0.15, 0.2) is 9.80 Å². The van der Waals surface area contributed by atoms with Gasteiger partial charge in [-0.05, 0) is 26.3 Å². The summed E-state index contributed by atoms with van der Waals surface area (Å²) in [4.78, 5) is 18.7. The molecule has 1 aliphatic heterocycles. The molecule has 0 bridgehead atoms. The van der Waals surface area contributed by atoms with Gasteiger partial charge in [0.15, 0.2) is 0 Å². The second kappa shape index (κ2) is 6.98. The highest BCUT2D eigenvalue weighted by Crippen LogP contribution is 2.34. The number of hydrogen-bond donors (Lipinski definition) is 1. The summed E-state index contributed by atoms with van der Waals surface area (Å²) in [7, 11) is 0. The molecule has 0 spiro atoms. The average Bonchev–Trinajstić information content (AvgIpc) is 3.21. The van der Waals surface area contributed by atoms with E-state index >= 15 is 0 Å². The summed E-state index contributed by atoms with van der Waals surface area (Å²) in [6.45, 7) is 8.04. The molecule has 24 heavy (non-hydrogen) atoms. The molecule has 3 rings (SSSR count). The number of rotatable bonds is 6. The quantitative estimate of drug-likeness (QED) is 0.856. The molecule has 1 fully saturated rings. The van der Waals surface area contributed by atoms with Gasteiger partial charge in [-0.25, -0.2) is 4.98 Å². The van der Waals surface area contributed by atoms with Crippen molar-refractivity contribution in [3.63, 3.8) is 0 Å². The molecule has 1 unspecified atom stereocenters. The van der Waals surface area contributed by atoms with Crippen LogP contribution in [0, 0.1) is 13.8 Å². The Hall–Kier alpha value is -1.80. The first-order valence-corrected chi connectivity index (χ1v) is 9.07. The predicted octanol–water partition coefficient (Wildman–Crippen LogP) is 1.81. The van der Waals surface area contributed by atoms with E-state index < -0.39 is 0 Å². The third-order valence-corrected chi connectivity index (χ3v) is 5.39. The van der Waals surface area contributed by atoms with Gasteiger partial charge in [0.05, 0.1) is 0 Å². The molecule has 8 heteroatoms. The second-order valence-electron chi connectivity index (χ2n) is 6.40. The molecule has 1 N–H and O–H groups in total. The van der Waals surface area contributed by atoms with Gasteiger partial charge in [0.25, 0.3) is 0 Å². The van der Waals surface area contributed by atoms with E-state index in [2.05, 4.69) is 25.4 Å². The van der Waals surface area contributed by atoms with Gasteiger partial charge in [0.2, 0.25) is 17.7 Å². The van der Waals surface area contributed by atoms with Crippen molar-refractivity contribution in [1.82, 2.24) is 25.4 Å². The van der Waals surface area contributed by atoms with Crippen LogP contribution in [-0.4, -0.2) is 45.6 Å². The Balaban J connectivity index is 1.61. The monoisotopic (exact) mass is 349 g/mol. The normalized spacial score (nSPS) is 21.3. The highest BCUT2D eigenvalue weighted by atomic mass is 32.1. The molecule has 0 aliphatic carbocycles. The Morgan fingerprint density at radius 2 is 2.29 bits per heavy atom. The zero-order chi connectivity index (χ0) is 17.2. The summed E-state index contributed by atoms with van der Waals surface area (Å²) in [5.74, 6) is 1.29. The minimum Gasteiger partial charge on any atom is -0.426 e. The zero-order valence-corrected chi connectivity index (χ0v) is 15.2.